The van der Waals surface area contributed by atoms with Gasteiger partial charge in [-0.3, -0.25) is 9.59 Å². The van der Waals surface area contributed by atoms with Crippen LogP contribution in [-0.2, 0) is 20.9 Å². The molecule has 0 saturated carbocycles. The molecule has 136 valence electrons. The monoisotopic (exact) mass is 372 g/mol. The summed E-state index contributed by atoms with van der Waals surface area (Å²) in [6.45, 7) is 2.65. The molecule has 26 heavy (non-hydrogen) atoms. The van der Waals surface area contributed by atoms with E-state index in [9.17, 15) is 14.4 Å². The van der Waals surface area contributed by atoms with Gasteiger partial charge >= 0.3 is 5.97 Å². The summed E-state index contributed by atoms with van der Waals surface area (Å²) in [4.78, 5) is 38.7. The van der Waals surface area contributed by atoms with Gasteiger partial charge < -0.3 is 15.0 Å². The van der Waals surface area contributed by atoms with Gasteiger partial charge in [-0.25, -0.2) is 4.79 Å². The summed E-state index contributed by atoms with van der Waals surface area (Å²) in [5.41, 5.74) is 1.11. The van der Waals surface area contributed by atoms with Gasteiger partial charge in [-0.15, -0.1) is 11.3 Å². The molecule has 0 aliphatic carbocycles. The van der Waals surface area contributed by atoms with E-state index in [1.54, 1.807) is 47.4 Å². The van der Waals surface area contributed by atoms with E-state index in [4.69, 9.17) is 4.74 Å². The number of amides is 2. The molecule has 0 bridgehead atoms. The number of carbonyl (C=O) groups excluding carboxylic acids is 3. The summed E-state index contributed by atoms with van der Waals surface area (Å²) in [6, 6.07) is 10.5. The summed E-state index contributed by atoms with van der Waals surface area (Å²) < 4.78 is 5.23. The van der Waals surface area contributed by atoms with Gasteiger partial charge in [-0.05, 0) is 49.1 Å². The van der Waals surface area contributed by atoms with Crippen molar-refractivity contribution in [2.45, 2.75) is 32.4 Å². The molecule has 3 rings (SSSR count). The molecule has 1 N–H and O–H groups in total. The lowest BCUT2D eigenvalue weighted by molar-refractivity contribution is -0.129. The van der Waals surface area contributed by atoms with Crippen molar-refractivity contribution in [1.82, 2.24) is 5.32 Å². The predicted octanol–water partition coefficient (Wildman–Crippen LogP) is 2.74. The Bertz CT molecular complexity index is 786. The van der Waals surface area contributed by atoms with E-state index in [-0.39, 0.29) is 11.8 Å². The van der Waals surface area contributed by atoms with Gasteiger partial charge in [-0.1, -0.05) is 6.07 Å². The maximum atomic E-state index is 12.2. The summed E-state index contributed by atoms with van der Waals surface area (Å²) in [5.74, 6) is -0.814. The molecule has 2 heterocycles. The van der Waals surface area contributed by atoms with Crippen molar-refractivity contribution in [1.29, 1.82) is 0 Å². The Morgan fingerprint density at radius 3 is 2.65 bits per heavy atom. The zero-order chi connectivity index (χ0) is 18.5. The lowest BCUT2D eigenvalue weighted by atomic mass is 10.2. The summed E-state index contributed by atoms with van der Waals surface area (Å²) >= 11 is 1.55. The molecule has 0 radical (unpaired) electrons. The number of hydrogen-bond acceptors (Lipinski definition) is 5. The van der Waals surface area contributed by atoms with Crippen LogP contribution in [0.3, 0.4) is 0 Å². The highest BCUT2D eigenvalue weighted by molar-refractivity contribution is 7.09. The maximum absolute atomic E-state index is 12.2. The van der Waals surface area contributed by atoms with Crippen LogP contribution in [0.5, 0.6) is 0 Å². The second-order valence-electron chi connectivity index (χ2n) is 6.04. The highest BCUT2D eigenvalue weighted by Gasteiger charge is 2.22. The Hall–Kier alpha value is -2.67. The van der Waals surface area contributed by atoms with E-state index in [0.29, 0.717) is 25.1 Å². The summed E-state index contributed by atoms with van der Waals surface area (Å²) in [7, 11) is 0. The molecule has 1 atom stereocenters. The predicted molar refractivity (Wildman–Crippen MR) is 99.1 cm³/mol. The molecule has 2 amide bonds. The highest BCUT2D eigenvalue weighted by Crippen LogP contribution is 2.22. The van der Waals surface area contributed by atoms with Crippen molar-refractivity contribution in [2.24, 2.45) is 0 Å². The van der Waals surface area contributed by atoms with Crippen molar-refractivity contribution in [2.75, 3.05) is 11.4 Å². The van der Waals surface area contributed by atoms with E-state index in [0.717, 1.165) is 17.0 Å². The molecule has 1 saturated heterocycles. The van der Waals surface area contributed by atoms with Crippen LogP contribution in [0.1, 0.15) is 35.0 Å². The lowest BCUT2D eigenvalue weighted by Crippen LogP contribution is -2.35. The van der Waals surface area contributed by atoms with Crippen LogP contribution in [-0.4, -0.2) is 30.4 Å². The molecule has 1 aliphatic heterocycles. The fourth-order valence-corrected chi connectivity index (χ4v) is 3.36. The van der Waals surface area contributed by atoms with Gasteiger partial charge in [0.2, 0.25) is 5.91 Å². The van der Waals surface area contributed by atoms with Gasteiger partial charge in [0.05, 0.1) is 12.1 Å². The number of ether oxygens (including phenoxy) is 1. The number of carbonyl (C=O) groups is 3. The number of nitrogens with zero attached hydrogens (tertiary/aromatic N) is 1. The number of benzene rings is 1. The van der Waals surface area contributed by atoms with Crippen LogP contribution >= 0.6 is 11.3 Å². The van der Waals surface area contributed by atoms with Gasteiger partial charge in [-0.2, -0.15) is 0 Å². The number of hydrogen-bond donors (Lipinski definition) is 1. The van der Waals surface area contributed by atoms with Crippen molar-refractivity contribution >= 4 is 34.8 Å². The van der Waals surface area contributed by atoms with Crippen LogP contribution in [0.2, 0.25) is 0 Å². The molecule has 2 aromatic rings. The van der Waals surface area contributed by atoms with E-state index >= 15 is 0 Å². The van der Waals surface area contributed by atoms with Gasteiger partial charge in [0, 0.05) is 23.5 Å². The Balaban J connectivity index is 1.53. The second kappa shape index (κ2) is 8.14. The number of esters is 1. The van der Waals surface area contributed by atoms with Crippen molar-refractivity contribution in [3.8, 4) is 0 Å². The zero-order valence-electron chi connectivity index (χ0n) is 14.4. The van der Waals surface area contributed by atoms with E-state index in [1.807, 2.05) is 17.5 Å². The molecule has 1 aromatic heterocycles. The molecule has 1 aromatic carbocycles. The fraction of sp³-hybridized carbons (Fsp3) is 0.316. The van der Waals surface area contributed by atoms with E-state index in [1.165, 1.54) is 0 Å². The largest absolute Gasteiger partial charge is 0.449 e. The van der Waals surface area contributed by atoms with Crippen LogP contribution < -0.4 is 10.2 Å². The molecular formula is C19H20N2O4S. The van der Waals surface area contributed by atoms with Crippen molar-refractivity contribution in [3.05, 3.63) is 52.2 Å². The third-order valence-corrected chi connectivity index (χ3v) is 5.03. The fourth-order valence-electron chi connectivity index (χ4n) is 2.71. The van der Waals surface area contributed by atoms with Crippen LogP contribution in [0.4, 0.5) is 5.69 Å². The Morgan fingerprint density at radius 2 is 2.04 bits per heavy atom. The third-order valence-electron chi connectivity index (χ3n) is 4.16. The van der Waals surface area contributed by atoms with Crippen LogP contribution in [0.15, 0.2) is 41.8 Å². The standard InChI is InChI=1S/C19H20N2O4S/c1-13(18(23)20-12-16-4-3-11-26-16)25-19(24)14-6-8-15(9-7-14)21-10-2-5-17(21)22/h3-4,6-9,11,13H,2,5,10,12H2,1H3,(H,20,23)/t13-/m0/s1. The molecular weight excluding hydrogens is 352 g/mol. The van der Waals surface area contributed by atoms with Crippen LogP contribution in [0, 0.1) is 0 Å². The van der Waals surface area contributed by atoms with Crippen LogP contribution in [0.25, 0.3) is 0 Å². The minimum atomic E-state index is -0.887. The number of thiophene rings is 1. The van der Waals surface area contributed by atoms with E-state index in [2.05, 4.69) is 5.32 Å². The molecule has 1 aliphatic rings. The average Bonchev–Trinajstić information content (AvgIpc) is 3.31. The number of nitrogens with one attached hydrogen (secondary N) is 1. The van der Waals surface area contributed by atoms with Crippen molar-refractivity contribution < 1.29 is 19.1 Å². The topological polar surface area (TPSA) is 75.7 Å². The minimum absolute atomic E-state index is 0.0939. The van der Waals surface area contributed by atoms with Gasteiger partial charge in [0.15, 0.2) is 6.10 Å². The molecule has 0 unspecified atom stereocenters. The first-order chi connectivity index (χ1) is 12.5. The molecule has 1 fully saturated rings. The zero-order valence-corrected chi connectivity index (χ0v) is 15.3. The molecule has 7 heteroatoms. The molecule has 0 spiro atoms. The molecule has 6 nitrogen and oxygen atoms in total. The number of rotatable bonds is 6. The van der Waals surface area contributed by atoms with E-state index < -0.39 is 12.1 Å². The minimum Gasteiger partial charge on any atom is -0.449 e. The summed E-state index contributed by atoms with van der Waals surface area (Å²) in [6.07, 6.45) is 0.519. The second-order valence-corrected chi connectivity index (χ2v) is 7.07. The Morgan fingerprint density at radius 1 is 1.27 bits per heavy atom. The maximum Gasteiger partial charge on any atom is 0.338 e. The quantitative estimate of drug-likeness (QED) is 0.791. The SMILES string of the molecule is C[C@H](OC(=O)c1ccc(N2CCCC2=O)cc1)C(=O)NCc1cccs1. The third kappa shape index (κ3) is 4.29. The Kier molecular flexibility index (Phi) is 5.68. The van der Waals surface area contributed by atoms with Gasteiger partial charge in [0.1, 0.15) is 0 Å². The highest BCUT2D eigenvalue weighted by atomic mass is 32.1. The average molecular weight is 372 g/mol. The normalized spacial score (nSPS) is 15.0. The summed E-state index contributed by atoms with van der Waals surface area (Å²) in [5, 5.41) is 4.68. The first-order valence-electron chi connectivity index (χ1n) is 8.46. The first kappa shape index (κ1) is 18.1. The first-order valence-corrected chi connectivity index (χ1v) is 9.34. The number of anilines is 1. The Labute approximate surface area is 155 Å². The smallest absolute Gasteiger partial charge is 0.338 e. The van der Waals surface area contributed by atoms with Crippen molar-refractivity contribution in [3.63, 3.8) is 0 Å². The van der Waals surface area contributed by atoms with Gasteiger partial charge in [0.25, 0.3) is 5.91 Å². The lowest BCUT2D eigenvalue weighted by Gasteiger charge is -2.16.